The second-order valence-electron chi connectivity index (χ2n) is 5.36. The van der Waals surface area contributed by atoms with Crippen LogP contribution in [0.15, 0.2) is 41.9 Å². The first-order valence-electron chi connectivity index (χ1n) is 7.99. The van der Waals surface area contributed by atoms with Crippen molar-refractivity contribution in [2.45, 2.75) is 26.3 Å². The first-order chi connectivity index (χ1) is 11.7. The van der Waals surface area contributed by atoms with Gasteiger partial charge in [0.1, 0.15) is 11.5 Å². The van der Waals surface area contributed by atoms with E-state index in [1.807, 2.05) is 23.7 Å². The lowest BCUT2D eigenvalue weighted by molar-refractivity contribution is 0.314. The summed E-state index contributed by atoms with van der Waals surface area (Å²) in [5.41, 5.74) is 1.26. The molecule has 1 N–H and O–H groups in total. The van der Waals surface area contributed by atoms with Crippen molar-refractivity contribution in [1.82, 2.24) is 24.7 Å². The molecule has 0 saturated heterocycles. The summed E-state index contributed by atoms with van der Waals surface area (Å²) in [5.74, 6) is 1.69. The standard InChI is InChI=1S/C17H21N5O2/c1-4-6-9-23-17-15-19-7-8-22(15)11-13(21-17)16-20-10-14(24-16)12(3)18-5-2/h4,7-8,10-12,18H,1,5-6,9H2,2-3H3. The normalized spacial score (nSPS) is 12.4. The molecule has 7 nitrogen and oxygen atoms in total. The third-order valence-electron chi connectivity index (χ3n) is 3.58. The van der Waals surface area contributed by atoms with Crippen LogP contribution in [0.3, 0.4) is 0 Å². The highest BCUT2D eigenvalue weighted by atomic mass is 16.5. The van der Waals surface area contributed by atoms with Crippen molar-refractivity contribution in [3.05, 3.63) is 43.2 Å². The zero-order valence-corrected chi connectivity index (χ0v) is 13.9. The Labute approximate surface area is 140 Å². The fourth-order valence-corrected chi connectivity index (χ4v) is 2.35. The lowest BCUT2D eigenvalue weighted by atomic mass is 10.3. The molecule has 0 aliphatic carbocycles. The monoisotopic (exact) mass is 327 g/mol. The van der Waals surface area contributed by atoms with E-state index in [1.54, 1.807) is 18.5 Å². The van der Waals surface area contributed by atoms with Crippen molar-refractivity contribution >= 4 is 5.65 Å². The maximum atomic E-state index is 5.85. The van der Waals surface area contributed by atoms with E-state index >= 15 is 0 Å². The third kappa shape index (κ3) is 3.30. The zero-order chi connectivity index (χ0) is 16.9. The Hall–Kier alpha value is -2.67. The van der Waals surface area contributed by atoms with E-state index in [-0.39, 0.29) is 6.04 Å². The van der Waals surface area contributed by atoms with Gasteiger partial charge in [0.05, 0.1) is 18.8 Å². The predicted molar refractivity (Wildman–Crippen MR) is 90.9 cm³/mol. The number of imidazole rings is 1. The maximum absolute atomic E-state index is 5.85. The molecule has 0 aliphatic heterocycles. The zero-order valence-electron chi connectivity index (χ0n) is 13.9. The van der Waals surface area contributed by atoms with Crippen molar-refractivity contribution in [1.29, 1.82) is 0 Å². The van der Waals surface area contributed by atoms with Gasteiger partial charge in [0.15, 0.2) is 0 Å². The highest BCUT2D eigenvalue weighted by molar-refractivity contribution is 5.56. The quantitative estimate of drug-likeness (QED) is 0.506. The van der Waals surface area contributed by atoms with Gasteiger partial charge in [-0.2, -0.15) is 0 Å². The molecule has 0 radical (unpaired) electrons. The van der Waals surface area contributed by atoms with Crippen molar-refractivity contribution < 1.29 is 9.15 Å². The molecule has 0 aliphatic rings. The second kappa shape index (κ2) is 7.27. The highest BCUT2D eigenvalue weighted by Gasteiger charge is 2.16. The second-order valence-corrected chi connectivity index (χ2v) is 5.36. The SMILES string of the molecule is C=CCCOc1nc(-c2ncc(C(C)NCC)o2)cn2ccnc12. The molecule has 7 heteroatoms. The molecule has 0 bridgehead atoms. The minimum absolute atomic E-state index is 0.0940. The van der Waals surface area contributed by atoms with E-state index in [2.05, 4.69) is 33.8 Å². The summed E-state index contributed by atoms with van der Waals surface area (Å²) in [6.45, 7) is 9.13. The van der Waals surface area contributed by atoms with Crippen LogP contribution in [0.1, 0.15) is 32.1 Å². The van der Waals surface area contributed by atoms with Crippen LogP contribution in [-0.2, 0) is 0 Å². The number of fused-ring (bicyclic) bond motifs is 1. The van der Waals surface area contributed by atoms with Gasteiger partial charge >= 0.3 is 0 Å². The molecular formula is C17H21N5O2. The van der Waals surface area contributed by atoms with Gasteiger partial charge in [0.2, 0.25) is 11.5 Å². The fourth-order valence-electron chi connectivity index (χ4n) is 2.35. The van der Waals surface area contributed by atoms with E-state index in [1.165, 1.54) is 0 Å². The number of aromatic nitrogens is 4. The molecule has 0 saturated carbocycles. The molecular weight excluding hydrogens is 306 g/mol. The largest absolute Gasteiger partial charge is 0.475 e. The molecule has 1 atom stereocenters. The van der Waals surface area contributed by atoms with Gasteiger partial charge in [0.25, 0.3) is 5.88 Å². The van der Waals surface area contributed by atoms with Crippen molar-refractivity contribution in [3.63, 3.8) is 0 Å². The molecule has 1 unspecified atom stereocenters. The minimum atomic E-state index is 0.0940. The first-order valence-corrected chi connectivity index (χ1v) is 7.99. The highest BCUT2D eigenvalue weighted by Crippen LogP contribution is 2.25. The molecule has 0 fully saturated rings. The van der Waals surface area contributed by atoms with Crippen molar-refractivity contribution in [2.24, 2.45) is 0 Å². The van der Waals surface area contributed by atoms with Crippen LogP contribution < -0.4 is 10.1 Å². The Kier molecular flexibility index (Phi) is 4.90. The molecule has 0 amide bonds. The number of nitrogens with one attached hydrogen (secondary N) is 1. The van der Waals surface area contributed by atoms with E-state index in [4.69, 9.17) is 9.15 Å². The summed E-state index contributed by atoms with van der Waals surface area (Å²) in [4.78, 5) is 13.1. The van der Waals surface area contributed by atoms with Crippen LogP contribution in [0.4, 0.5) is 0 Å². The summed E-state index contributed by atoms with van der Waals surface area (Å²) >= 11 is 0. The summed E-state index contributed by atoms with van der Waals surface area (Å²) in [6, 6.07) is 0.0940. The van der Waals surface area contributed by atoms with Gasteiger partial charge in [-0.25, -0.2) is 15.0 Å². The molecule has 0 aromatic carbocycles. The fraction of sp³-hybridized carbons (Fsp3) is 0.353. The summed E-state index contributed by atoms with van der Waals surface area (Å²) < 4.78 is 13.4. The number of rotatable bonds is 8. The van der Waals surface area contributed by atoms with E-state index in [9.17, 15) is 0 Å². The molecule has 24 heavy (non-hydrogen) atoms. The third-order valence-corrected chi connectivity index (χ3v) is 3.58. The van der Waals surface area contributed by atoms with Gasteiger partial charge < -0.3 is 18.9 Å². The number of oxazole rings is 1. The lowest BCUT2D eigenvalue weighted by Gasteiger charge is -2.08. The number of nitrogens with zero attached hydrogens (tertiary/aromatic N) is 4. The average molecular weight is 327 g/mol. The Balaban J connectivity index is 1.92. The van der Waals surface area contributed by atoms with Crippen molar-refractivity contribution in [3.8, 4) is 17.5 Å². The van der Waals surface area contributed by atoms with Crippen LogP contribution in [0.5, 0.6) is 5.88 Å². The molecule has 126 valence electrons. The van der Waals surface area contributed by atoms with Gasteiger partial charge in [-0.3, -0.25) is 0 Å². The molecule has 0 spiro atoms. The number of ether oxygens (including phenoxy) is 1. The van der Waals surface area contributed by atoms with Gasteiger partial charge in [-0.1, -0.05) is 13.0 Å². The maximum Gasteiger partial charge on any atom is 0.259 e. The van der Waals surface area contributed by atoms with E-state index < -0.39 is 0 Å². The average Bonchev–Trinajstić information content (AvgIpc) is 3.24. The first kappa shape index (κ1) is 16.2. The minimum Gasteiger partial charge on any atom is -0.475 e. The number of hydrogen-bond donors (Lipinski definition) is 1. The molecule has 3 rings (SSSR count). The van der Waals surface area contributed by atoms with E-state index in [0.29, 0.717) is 29.7 Å². The Morgan fingerprint density at radius 3 is 3.12 bits per heavy atom. The van der Waals surface area contributed by atoms with Crippen molar-refractivity contribution in [2.75, 3.05) is 13.2 Å². The summed E-state index contributed by atoms with van der Waals surface area (Å²) in [7, 11) is 0. The number of hydrogen-bond acceptors (Lipinski definition) is 6. The summed E-state index contributed by atoms with van der Waals surface area (Å²) in [5, 5.41) is 3.29. The topological polar surface area (TPSA) is 77.5 Å². The smallest absolute Gasteiger partial charge is 0.259 e. The lowest BCUT2D eigenvalue weighted by Crippen LogP contribution is -2.16. The van der Waals surface area contributed by atoms with Gasteiger partial charge in [-0.15, -0.1) is 6.58 Å². The van der Waals surface area contributed by atoms with Crippen LogP contribution in [0, 0.1) is 0 Å². The molecule has 3 aromatic rings. The molecule has 3 heterocycles. The Morgan fingerprint density at radius 1 is 1.46 bits per heavy atom. The van der Waals surface area contributed by atoms with E-state index in [0.717, 1.165) is 18.7 Å². The summed E-state index contributed by atoms with van der Waals surface area (Å²) in [6.07, 6.45) is 9.63. The Morgan fingerprint density at radius 2 is 2.33 bits per heavy atom. The van der Waals surface area contributed by atoms with Gasteiger partial charge in [-0.05, 0) is 19.9 Å². The van der Waals surface area contributed by atoms with Gasteiger partial charge in [0, 0.05) is 18.6 Å². The van der Waals surface area contributed by atoms with Crippen LogP contribution in [-0.4, -0.2) is 32.5 Å². The predicted octanol–water partition coefficient (Wildman–Crippen LogP) is 3.01. The van der Waals surface area contributed by atoms with Crippen LogP contribution >= 0.6 is 0 Å². The molecule has 3 aromatic heterocycles. The van der Waals surface area contributed by atoms with Crippen LogP contribution in [0.25, 0.3) is 17.2 Å². The Bertz CT molecular complexity index is 823. The van der Waals surface area contributed by atoms with Crippen LogP contribution in [0.2, 0.25) is 0 Å².